The molecular formula is C10H6F3N2O3. The summed E-state index contributed by atoms with van der Waals surface area (Å²) < 4.78 is 44.2. The minimum Gasteiger partial charge on any atom is -0.406 e. The molecule has 0 aliphatic heterocycles. The van der Waals surface area contributed by atoms with Crippen LogP contribution in [0.25, 0.3) is 11.5 Å². The lowest BCUT2D eigenvalue weighted by molar-refractivity contribution is -0.274. The summed E-state index contributed by atoms with van der Waals surface area (Å²) in [5.41, 5.74) is 0.400. The van der Waals surface area contributed by atoms with Gasteiger partial charge in [0.25, 0.3) is 5.89 Å². The molecule has 0 unspecified atom stereocenters. The fourth-order valence-electron chi connectivity index (χ4n) is 1.23. The van der Waals surface area contributed by atoms with Crippen LogP contribution in [-0.4, -0.2) is 16.5 Å². The highest BCUT2D eigenvalue weighted by atomic mass is 19.4. The fraction of sp³-hybridized carbons (Fsp3) is 0.200. The van der Waals surface area contributed by atoms with Crippen molar-refractivity contribution >= 4 is 0 Å². The zero-order valence-electron chi connectivity index (χ0n) is 8.77. The van der Waals surface area contributed by atoms with Gasteiger partial charge in [-0.15, -0.1) is 13.2 Å². The highest BCUT2D eigenvalue weighted by Gasteiger charge is 2.31. The Kier molecular flexibility index (Phi) is 3.19. The van der Waals surface area contributed by atoms with Crippen LogP contribution in [0.15, 0.2) is 28.8 Å². The normalized spacial score (nSPS) is 11.6. The molecule has 2 aromatic rings. The Hall–Kier alpha value is -2.09. The van der Waals surface area contributed by atoms with Crippen molar-refractivity contribution < 1.29 is 27.5 Å². The number of halogens is 3. The predicted molar refractivity (Wildman–Crippen MR) is 50.8 cm³/mol. The predicted octanol–water partition coefficient (Wildman–Crippen LogP) is 2.57. The molecule has 8 heteroatoms. The van der Waals surface area contributed by atoms with Crippen LogP contribution in [0, 0.1) is 0 Å². The van der Waals surface area contributed by atoms with E-state index in [0.29, 0.717) is 5.56 Å². The molecule has 1 aromatic heterocycles. The maximum Gasteiger partial charge on any atom is 0.573 e. The molecular weight excluding hydrogens is 253 g/mol. The van der Waals surface area contributed by atoms with E-state index in [1.807, 2.05) is 0 Å². The van der Waals surface area contributed by atoms with Crippen molar-refractivity contribution in [3.63, 3.8) is 0 Å². The zero-order chi connectivity index (χ0) is 13.2. The Morgan fingerprint density at radius 1 is 1.22 bits per heavy atom. The van der Waals surface area contributed by atoms with Crippen molar-refractivity contribution in [3.05, 3.63) is 30.1 Å². The highest BCUT2D eigenvalue weighted by Crippen LogP contribution is 2.25. The lowest BCUT2D eigenvalue weighted by Gasteiger charge is -2.08. The van der Waals surface area contributed by atoms with E-state index in [1.165, 1.54) is 12.1 Å². The van der Waals surface area contributed by atoms with Crippen LogP contribution >= 0.6 is 0 Å². The topological polar surface area (TPSA) is 68.0 Å². The Bertz CT molecular complexity index is 522. The second kappa shape index (κ2) is 4.65. The van der Waals surface area contributed by atoms with E-state index in [9.17, 15) is 18.3 Å². The number of hydrogen-bond donors (Lipinski definition) is 0. The number of aromatic nitrogens is 2. The molecule has 0 fully saturated rings. The number of ether oxygens (including phenoxy) is 1. The van der Waals surface area contributed by atoms with Crippen molar-refractivity contribution in [1.82, 2.24) is 10.1 Å². The van der Waals surface area contributed by atoms with Crippen LogP contribution < -0.4 is 4.74 Å². The third-order valence-corrected chi connectivity index (χ3v) is 1.93. The molecule has 0 amide bonds. The van der Waals surface area contributed by atoms with Gasteiger partial charge in [-0.25, -0.2) is 5.11 Å². The van der Waals surface area contributed by atoms with E-state index in [4.69, 9.17) is 4.52 Å². The minimum atomic E-state index is -4.73. The molecule has 0 aliphatic carbocycles. The molecule has 1 aromatic carbocycles. The minimum absolute atomic E-state index is 0.0133. The smallest absolute Gasteiger partial charge is 0.406 e. The molecule has 0 bridgehead atoms. The van der Waals surface area contributed by atoms with Gasteiger partial charge in [-0.05, 0) is 24.3 Å². The molecule has 0 saturated carbocycles. The van der Waals surface area contributed by atoms with Gasteiger partial charge in [-0.2, -0.15) is 4.98 Å². The molecule has 0 atom stereocenters. The van der Waals surface area contributed by atoms with Crippen LogP contribution in [0.4, 0.5) is 13.2 Å². The molecule has 18 heavy (non-hydrogen) atoms. The molecule has 0 aliphatic rings. The summed E-state index contributed by atoms with van der Waals surface area (Å²) in [6.07, 6.45) is -4.73. The zero-order valence-corrected chi connectivity index (χ0v) is 8.77. The van der Waals surface area contributed by atoms with Gasteiger partial charge in [0.05, 0.1) is 0 Å². The molecule has 95 valence electrons. The Morgan fingerprint density at radius 2 is 1.89 bits per heavy atom. The summed E-state index contributed by atoms with van der Waals surface area (Å²) in [7, 11) is 0. The van der Waals surface area contributed by atoms with Crippen LogP contribution in [0.1, 0.15) is 5.82 Å². The first-order valence-electron chi connectivity index (χ1n) is 4.75. The summed E-state index contributed by atoms with van der Waals surface area (Å²) in [6, 6.07) is 4.88. The second-order valence-electron chi connectivity index (χ2n) is 3.23. The number of nitrogens with zero attached hydrogens (tertiary/aromatic N) is 2. The van der Waals surface area contributed by atoms with Crippen molar-refractivity contribution in [2.75, 3.05) is 0 Å². The number of benzene rings is 1. The summed E-state index contributed by atoms with van der Waals surface area (Å²) in [5, 5.41) is 13.8. The van der Waals surface area contributed by atoms with E-state index in [2.05, 4.69) is 14.9 Å². The van der Waals surface area contributed by atoms with Crippen molar-refractivity contribution in [1.29, 1.82) is 0 Å². The summed E-state index contributed by atoms with van der Waals surface area (Å²) in [4.78, 5) is 3.75. The Balaban J connectivity index is 2.17. The average molecular weight is 259 g/mol. The maximum atomic E-state index is 11.9. The number of rotatable bonds is 3. The molecule has 0 spiro atoms. The van der Waals surface area contributed by atoms with E-state index in [-0.39, 0.29) is 17.5 Å². The van der Waals surface area contributed by atoms with Gasteiger partial charge >= 0.3 is 6.36 Å². The van der Waals surface area contributed by atoms with E-state index in [1.54, 1.807) is 0 Å². The molecule has 1 radical (unpaired) electrons. The largest absolute Gasteiger partial charge is 0.573 e. The number of hydrogen-bond acceptors (Lipinski definition) is 4. The molecule has 5 nitrogen and oxygen atoms in total. The maximum absolute atomic E-state index is 11.9. The van der Waals surface area contributed by atoms with Crippen LogP contribution in [0.2, 0.25) is 0 Å². The van der Waals surface area contributed by atoms with Gasteiger partial charge < -0.3 is 9.26 Å². The van der Waals surface area contributed by atoms with Gasteiger partial charge in [0.15, 0.2) is 0 Å². The quantitative estimate of drug-likeness (QED) is 0.849. The van der Waals surface area contributed by atoms with E-state index < -0.39 is 13.0 Å². The van der Waals surface area contributed by atoms with E-state index >= 15 is 0 Å². The standard InChI is InChI=1S/C10H6F3N2O3/c11-10(12,13)17-7-3-1-6(2-4-7)9-14-8(5-16)15-18-9/h1-4H,5H2. The van der Waals surface area contributed by atoms with Crippen LogP contribution in [0.5, 0.6) is 5.75 Å². The molecule has 1 heterocycles. The first-order valence-corrected chi connectivity index (χ1v) is 4.75. The Morgan fingerprint density at radius 3 is 2.39 bits per heavy atom. The fourth-order valence-corrected chi connectivity index (χ4v) is 1.23. The van der Waals surface area contributed by atoms with Crippen molar-refractivity contribution in [2.45, 2.75) is 13.0 Å². The number of alkyl halides is 3. The van der Waals surface area contributed by atoms with Crippen molar-refractivity contribution in [2.24, 2.45) is 0 Å². The van der Waals surface area contributed by atoms with Crippen LogP contribution in [0.3, 0.4) is 0 Å². The molecule has 0 saturated heterocycles. The first-order chi connectivity index (χ1) is 8.48. The first kappa shape index (κ1) is 12.4. The lowest BCUT2D eigenvalue weighted by Crippen LogP contribution is -2.16. The third-order valence-electron chi connectivity index (χ3n) is 1.93. The molecule has 2 rings (SSSR count). The van der Waals surface area contributed by atoms with Gasteiger partial charge in [-0.1, -0.05) is 5.16 Å². The van der Waals surface area contributed by atoms with Gasteiger partial charge in [0.1, 0.15) is 12.4 Å². The molecule has 0 N–H and O–H groups in total. The van der Waals surface area contributed by atoms with Gasteiger partial charge in [0, 0.05) is 5.56 Å². The Labute approximate surface area is 98.8 Å². The third kappa shape index (κ3) is 2.98. The van der Waals surface area contributed by atoms with Crippen molar-refractivity contribution in [3.8, 4) is 17.2 Å². The van der Waals surface area contributed by atoms with Crippen LogP contribution in [-0.2, 0) is 11.7 Å². The van der Waals surface area contributed by atoms with Gasteiger partial charge in [-0.3, -0.25) is 0 Å². The average Bonchev–Trinajstić information content (AvgIpc) is 2.76. The summed E-state index contributed by atoms with van der Waals surface area (Å²) in [5.74, 6) is -0.296. The summed E-state index contributed by atoms with van der Waals surface area (Å²) >= 11 is 0. The monoisotopic (exact) mass is 259 g/mol. The lowest BCUT2D eigenvalue weighted by atomic mass is 10.2. The van der Waals surface area contributed by atoms with Gasteiger partial charge in [0.2, 0.25) is 5.82 Å². The highest BCUT2D eigenvalue weighted by molar-refractivity contribution is 5.54. The SMILES string of the molecule is [O]Cc1noc(-c2ccc(OC(F)(F)F)cc2)n1. The summed E-state index contributed by atoms with van der Waals surface area (Å²) in [6.45, 7) is -0.626. The van der Waals surface area contributed by atoms with E-state index in [0.717, 1.165) is 12.1 Å². The second-order valence-corrected chi connectivity index (χ2v) is 3.23.